The molecule has 0 atom stereocenters. The minimum absolute atomic E-state index is 0.0948. The Labute approximate surface area is 199 Å². The average molecular weight is 492 g/mol. The van der Waals surface area contributed by atoms with E-state index in [9.17, 15) is 22.8 Å². The Morgan fingerprint density at radius 1 is 1.12 bits per heavy atom. The first-order chi connectivity index (χ1) is 16.3. The third-order valence-electron chi connectivity index (χ3n) is 5.93. The second kappa shape index (κ2) is 10.1. The number of thioether (sulfide) groups is 1. The summed E-state index contributed by atoms with van der Waals surface area (Å²) in [6.45, 7) is 1.35. The molecule has 0 spiro atoms. The van der Waals surface area contributed by atoms with Crippen molar-refractivity contribution in [2.45, 2.75) is 30.7 Å². The highest BCUT2D eigenvalue weighted by molar-refractivity contribution is 7.99. The van der Waals surface area contributed by atoms with Gasteiger partial charge in [0.2, 0.25) is 5.91 Å². The van der Waals surface area contributed by atoms with Gasteiger partial charge in [-0.05, 0) is 36.6 Å². The van der Waals surface area contributed by atoms with Crippen molar-refractivity contribution < 1.29 is 27.5 Å². The highest BCUT2D eigenvalue weighted by Crippen LogP contribution is 2.33. The molecule has 4 rings (SSSR count). The molecule has 0 bridgehead atoms. The number of methoxy groups -OCH3 is 1. The summed E-state index contributed by atoms with van der Waals surface area (Å²) in [5.41, 5.74) is 1.02. The Hall–Kier alpha value is -3.01. The van der Waals surface area contributed by atoms with Crippen LogP contribution in [0.5, 0.6) is 0 Å². The molecule has 2 aromatic carbocycles. The third kappa shape index (κ3) is 5.38. The minimum atomic E-state index is -4.46. The van der Waals surface area contributed by atoms with Crippen molar-refractivity contribution >= 4 is 34.7 Å². The van der Waals surface area contributed by atoms with Crippen LogP contribution in [0, 0.1) is 5.92 Å². The zero-order valence-corrected chi connectivity index (χ0v) is 19.4. The monoisotopic (exact) mass is 491 g/mol. The number of carbonyl (C=O) groups is 2. The molecule has 0 N–H and O–H groups in total. The zero-order chi connectivity index (χ0) is 24.3. The predicted molar refractivity (Wildman–Crippen MR) is 122 cm³/mol. The number of hydrogen-bond donors (Lipinski definition) is 0. The van der Waals surface area contributed by atoms with Crippen LogP contribution >= 0.6 is 11.8 Å². The van der Waals surface area contributed by atoms with Crippen molar-refractivity contribution in [3.8, 4) is 0 Å². The van der Waals surface area contributed by atoms with E-state index >= 15 is 0 Å². The summed E-state index contributed by atoms with van der Waals surface area (Å²) in [7, 11) is 1.36. The fourth-order valence-corrected chi connectivity index (χ4v) is 4.98. The van der Waals surface area contributed by atoms with Crippen LogP contribution < -0.4 is 0 Å². The predicted octanol–water partition coefficient (Wildman–Crippen LogP) is 4.61. The molecule has 1 aliphatic heterocycles. The summed E-state index contributed by atoms with van der Waals surface area (Å²) in [4.78, 5) is 30.6. The van der Waals surface area contributed by atoms with Gasteiger partial charge in [0, 0.05) is 13.1 Å². The molecule has 6 nitrogen and oxygen atoms in total. The lowest BCUT2D eigenvalue weighted by molar-refractivity contribution is -0.148. The van der Waals surface area contributed by atoms with Crippen LogP contribution in [0.1, 0.15) is 24.0 Å². The second-order valence-electron chi connectivity index (χ2n) is 8.13. The lowest BCUT2D eigenvalue weighted by atomic mass is 9.97. The topological polar surface area (TPSA) is 64.4 Å². The largest absolute Gasteiger partial charge is 0.469 e. The van der Waals surface area contributed by atoms with Gasteiger partial charge in [-0.15, -0.1) is 0 Å². The standard InChI is InChI=1S/C24H24F3N3O3S/c1-33-22(32)17-9-11-29(12-10-17)21(31)15-34-23-28-19-13-18(24(25,26)27)7-8-20(19)30(23)14-16-5-3-2-4-6-16/h2-8,13,17H,9-12,14-15H2,1H3. The molecule has 0 saturated carbocycles. The Kier molecular flexibility index (Phi) is 7.16. The molecule has 34 heavy (non-hydrogen) atoms. The number of esters is 1. The Balaban J connectivity index is 1.53. The van der Waals surface area contributed by atoms with E-state index in [1.807, 2.05) is 34.9 Å². The summed E-state index contributed by atoms with van der Waals surface area (Å²) in [6.07, 6.45) is -3.36. The normalized spacial score (nSPS) is 15.0. The number of nitrogens with zero attached hydrogens (tertiary/aromatic N) is 3. The number of hydrogen-bond acceptors (Lipinski definition) is 5. The molecule has 0 aliphatic carbocycles. The van der Waals surface area contributed by atoms with Crippen molar-refractivity contribution in [2.24, 2.45) is 5.92 Å². The van der Waals surface area contributed by atoms with Crippen LogP contribution in [0.3, 0.4) is 0 Å². The van der Waals surface area contributed by atoms with E-state index in [1.165, 1.54) is 24.9 Å². The van der Waals surface area contributed by atoms with Crippen LogP contribution in [0.2, 0.25) is 0 Å². The van der Waals surface area contributed by atoms with E-state index < -0.39 is 11.7 Å². The number of halogens is 3. The number of alkyl halides is 3. The van der Waals surface area contributed by atoms with Crippen LogP contribution in [0.15, 0.2) is 53.7 Å². The lowest BCUT2D eigenvalue weighted by Gasteiger charge is -2.30. The Morgan fingerprint density at radius 2 is 1.82 bits per heavy atom. The number of likely N-dealkylation sites (tertiary alicyclic amines) is 1. The third-order valence-corrected chi connectivity index (χ3v) is 6.89. The van der Waals surface area contributed by atoms with Crippen molar-refractivity contribution in [3.05, 3.63) is 59.7 Å². The number of imidazole rings is 1. The van der Waals surface area contributed by atoms with Crippen LogP contribution in [0.25, 0.3) is 11.0 Å². The van der Waals surface area contributed by atoms with Crippen LogP contribution in [0.4, 0.5) is 13.2 Å². The number of benzene rings is 2. The van der Waals surface area contributed by atoms with Gasteiger partial charge in [0.15, 0.2) is 5.16 Å². The Morgan fingerprint density at radius 3 is 2.47 bits per heavy atom. The number of amides is 1. The highest BCUT2D eigenvalue weighted by atomic mass is 32.2. The molecule has 1 saturated heterocycles. The fraction of sp³-hybridized carbons (Fsp3) is 0.375. The van der Waals surface area contributed by atoms with Gasteiger partial charge in [0.25, 0.3) is 0 Å². The van der Waals surface area contributed by atoms with E-state index in [0.29, 0.717) is 43.1 Å². The van der Waals surface area contributed by atoms with E-state index in [1.54, 1.807) is 4.90 Å². The molecule has 0 unspecified atom stereocenters. The molecule has 1 aromatic heterocycles. The van der Waals surface area contributed by atoms with Crippen LogP contribution in [-0.2, 0) is 27.0 Å². The summed E-state index contributed by atoms with van der Waals surface area (Å²) in [5.74, 6) is -0.441. The lowest BCUT2D eigenvalue weighted by Crippen LogP contribution is -2.41. The Bertz CT molecular complexity index is 1170. The first-order valence-electron chi connectivity index (χ1n) is 10.9. The number of piperidine rings is 1. The molecular formula is C24H24F3N3O3S. The maximum Gasteiger partial charge on any atom is 0.416 e. The quantitative estimate of drug-likeness (QED) is 0.372. The summed E-state index contributed by atoms with van der Waals surface area (Å²) < 4.78 is 46.3. The smallest absolute Gasteiger partial charge is 0.416 e. The number of rotatable bonds is 6. The molecule has 0 radical (unpaired) electrons. The molecule has 2 heterocycles. The first-order valence-corrected chi connectivity index (χ1v) is 11.8. The molecule has 10 heteroatoms. The summed E-state index contributed by atoms with van der Waals surface area (Å²) in [5, 5.41) is 0.482. The van der Waals surface area contributed by atoms with E-state index in [0.717, 1.165) is 17.7 Å². The van der Waals surface area contributed by atoms with Crippen molar-refractivity contribution in [3.63, 3.8) is 0 Å². The van der Waals surface area contributed by atoms with Gasteiger partial charge in [0.05, 0.1) is 41.9 Å². The van der Waals surface area contributed by atoms with Gasteiger partial charge in [-0.3, -0.25) is 9.59 Å². The fourth-order valence-electron chi connectivity index (χ4n) is 4.06. The summed E-state index contributed by atoms with van der Waals surface area (Å²) in [6, 6.07) is 13.1. The molecule has 1 amide bonds. The maximum atomic E-state index is 13.2. The van der Waals surface area contributed by atoms with Gasteiger partial charge in [0.1, 0.15) is 0 Å². The second-order valence-corrected chi connectivity index (χ2v) is 9.08. The number of ether oxygens (including phenoxy) is 1. The van der Waals surface area contributed by atoms with Crippen molar-refractivity contribution in [1.29, 1.82) is 0 Å². The first kappa shape index (κ1) is 24.1. The average Bonchev–Trinajstić information content (AvgIpc) is 3.18. The van der Waals surface area contributed by atoms with Gasteiger partial charge in [-0.2, -0.15) is 13.2 Å². The van der Waals surface area contributed by atoms with Gasteiger partial charge in [-0.25, -0.2) is 4.98 Å². The SMILES string of the molecule is COC(=O)C1CCN(C(=O)CSc2nc3cc(C(F)(F)F)ccc3n2Cc2ccccc2)CC1. The zero-order valence-electron chi connectivity index (χ0n) is 18.5. The molecular weight excluding hydrogens is 467 g/mol. The molecule has 180 valence electrons. The van der Waals surface area contributed by atoms with E-state index in [2.05, 4.69) is 4.98 Å². The van der Waals surface area contributed by atoms with E-state index in [-0.39, 0.29) is 29.1 Å². The number of aromatic nitrogens is 2. The highest BCUT2D eigenvalue weighted by Gasteiger charge is 2.31. The minimum Gasteiger partial charge on any atom is -0.469 e. The maximum absolute atomic E-state index is 13.2. The summed E-state index contributed by atoms with van der Waals surface area (Å²) >= 11 is 1.21. The van der Waals surface area contributed by atoms with E-state index in [4.69, 9.17) is 4.74 Å². The molecule has 1 aliphatic rings. The van der Waals surface area contributed by atoms with Gasteiger partial charge in [-0.1, -0.05) is 42.1 Å². The van der Waals surface area contributed by atoms with Gasteiger partial charge < -0.3 is 14.2 Å². The van der Waals surface area contributed by atoms with Gasteiger partial charge >= 0.3 is 12.1 Å². The number of fused-ring (bicyclic) bond motifs is 1. The molecule has 1 fully saturated rings. The van der Waals surface area contributed by atoms with Crippen LogP contribution in [-0.4, -0.2) is 52.3 Å². The van der Waals surface area contributed by atoms with Crippen molar-refractivity contribution in [1.82, 2.24) is 14.5 Å². The number of carbonyl (C=O) groups excluding carboxylic acids is 2. The molecule has 3 aromatic rings. The van der Waals surface area contributed by atoms with Crippen molar-refractivity contribution in [2.75, 3.05) is 26.0 Å².